The van der Waals surface area contributed by atoms with E-state index >= 15 is 0 Å². The minimum absolute atomic E-state index is 0.296. The van der Waals surface area contributed by atoms with Gasteiger partial charge in [-0.3, -0.25) is 0 Å². The van der Waals surface area contributed by atoms with Gasteiger partial charge >= 0.3 is 0 Å². The number of halogens is 3. The van der Waals surface area contributed by atoms with E-state index in [1.54, 1.807) is 18.2 Å². The van der Waals surface area contributed by atoms with Crippen LogP contribution in [-0.2, 0) is 0 Å². The molecule has 0 bridgehead atoms. The number of nitrogens with one attached hydrogen (secondary N) is 1. The number of anilines is 2. The lowest BCUT2D eigenvalue weighted by atomic mass is 10.3. The largest absolute Gasteiger partial charge is 0.340 e. The van der Waals surface area contributed by atoms with E-state index < -0.39 is 0 Å². The van der Waals surface area contributed by atoms with Gasteiger partial charge < -0.3 is 5.32 Å². The summed E-state index contributed by atoms with van der Waals surface area (Å²) in [5.41, 5.74) is 0.687. The number of fused-ring (bicyclic) bond motifs is 1. The van der Waals surface area contributed by atoms with Crippen LogP contribution in [0.2, 0.25) is 5.15 Å². The van der Waals surface area contributed by atoms with Crippen LogP contribution in [0.3, 0.4) is 0 Å². The molecule has 0 unspecified atom stereocenters. The summed E-state index contributed by atoms with van der Waals surface area (Å²) in [7, 11) is 0. The minimum Gasteiger partial charge on any atom is -0.340 e. The molecule has 0 aliphatic heterocycles. The fraction of sp³-hybridized carbons (Fsp3) is 0. The lowest BCUT2D eigenvalue weighted by Gasteiger charge is -2.08. The van der Waals surface area contributed by atoms with E-state index in [2.05, 4.69) is 36.3 Å². The van der Waals surface area contributed by atoms with Crippen molar-refractivity contribution in [3.8, 4) is 0 Å². The quantitative estimate of drug-likeness (QED) is 0.725. The van der Waals surface area contributed by atoms with Crippen LogP contribution in [0.5, 0.6) is 0 Å². The van der Waals surface area contributed by atoms with Gasteiger partial charge in [-0.1, -0.05) is 11.6 Å². The summed E-state index contributed by atoms with van der Waals surface area (Å²) >= 11 is 9.03. The van der Waals surface area contributed by atoms with Crippen molar-refractivity contribution >= 4 is 44.8 Å². The Balaban J connectivity index is 2.04. The van der Waals surface area contributed by atoms with Crippen LogP contribution in [0.25, 0.3) is 5.78 Å². The van der Waals surface area contributed by atoms with Crippen molar-refractivity contribution in [3.63, 3.8) is 0 Å². The average Bonchev–Trinajstić information content (AvgIpc) is 2.82. The van der Waals surface area contributed by atoms with E-state index in [0.29, 0.717) is 26.9 Å². The lowest BCUT2D eigenvalue weighted by Crippen LogP contribution is -2.01. The third-order valence-electron chi connectivity index (χ3n) is 2.41. The molecule has 0 aliphatic carbocycles. The maximum Gasteiger partial charge on any atom is 0.255 e. The molecule has 0 saturated carbocycles. The standard InChI is InChI=1S/C11H6BrClFN5/c12-7-3-6(1-2-8(7)14)17-10-4-9(13)18-11-15-5-16-19(10)11/h1-5,17H. The average molecular weight is 343 g/mol. The van der Waals surface area contributed by atoms with E-state index in [-0.39, 0.29) is 5.82 Å². The highest BCUT2D eigenvalue weighted by Gasteiger charge is 2.07. The number of nitrogens with zero attached hydrogens (tertiary/aromatic N) is 4. The van der Waals surface area contributed by atoms with E-state index in [4.69, 9.17) is 11.6 Å². The molecule has 2 heterocycles. The Morgan fingerprint density at radius 1 is 1.32 bits per heavy atom. The van der Waals surface area contributed by atoms with Gasteiger partial charge in [-0.15, -0.1) is 0 Å². The van der Waals surface area contributed by atoms with E-state index in [1.807, 2.05) is 0 Å². The zero-order chi connectivity index (χ0) is 13.4. The van der Waals surface area contributed by atoms with Crippen molar-refractivity contribution in [2.24, 2.45) is 0 Å². The molecular formula is C11H6BrClFN5. The molecule has 0 saturated heterocycles. The Bertz CT molecular complexity index is 760. The van der Waals surface area contributed by atoms with Gasteiger partial charge in [-0.25, -0.2) is 4.39 Å². The Morgan fingerprint density at radius 2 is 2.16 bits per heavy atom. The van der Waals surface area contributed by atoms with Gasteiger partial charge in [0.05, 0.1) is 4.47 Å². The zero-order valence-corrected chi connectivity index (χ0v) is 11.7. The van der Waals surface area contributed by atoms with Crippen LogP contribution in [0.15, 0.2) is 35.1 Å². The fourth-order valence-electron chi connectivity index (χ4n) is 1.59. The molecule has 19 heavy (non-hydrogen) atoms. The SMILES string of the molecule is Fc1ccc(Nc2cc(Cl)nc3ncnn23)cc1Br. The maximum atomic E-state index is 13.2. The molecule has 3 rings (SSSR count). The first-order chi connectivity index (χ1) is 9.13. The molecule has 0 atom stereocenters. The predicted molar refractivity (Wildman–Crippen MR) is 73.2 cm³/mol. The van der Waals surface area contributed by atoms with Crippen LogP contribution in [-0.4, -0.2) is 19.6 Å². The van der Waals surface area contributed by atoms with Crippen molar-refractivity contribution < 1.29 is 4.39 Å². The molecule has 0 aliphatic rings. The Kier molecular flexibility index (Phi) is 3.08. The number of benzene rings is 1. The monoisotopic (exact) mass is 341 g/mol. The van der Waals surface area contributed by atoms with Gasteiger partial charge in [-0.2, -0.15) is 19.6 Å². The number of hydrogen-bond acceptors (Lipinski definition) is 4. The van der Waals surface area contributed by atoms with Crippen molar-refractivity contribution in [2.45, 2.75) is 0 Å². The molecule has 5 nitrogen and oxygen atoms in total. The van der Waals surface area contributed by atoms with Gasteiger partial charge in [0.1, 0.15) is 23.1 Å². The molecule has 3 aromatic rings. The summed E-state index contributed by atoms with van der Waals surface area (Å²) in [6, 6.07) is 6.19. The highest BCUT2D eigenvalue weighted by atomic mass is 79.9. The molecular weight excluding hydrogens is 337 g/mol. The number of aromatic nitrogens is 4. The second kappa shape index (κ2) is 4.75. The van der Waals surface area contributed by atoms with Gasteiger partial charge in [0.25, 0.3) is 5.78 Å². The van der Waals surface area contributed by atoms with Gasteiger partial charge in [0.2, 0.25) is 0 Å². The van der Waals surface area contributed by atoms with Gasteiger partial charge in [0.15, 0.2) is 0 Å². The highest BCUT2D eigenvalue weighted by Crippen LogP contribution is 2.24. The van der Waals surface area contributed by atoms with Crippen molar-refractivity contribution in [2.75, 3.05) is 5.32 Å². The van der Waals surface area contributed by atoms with Crippen LogP contribution in [0.1, 0.15) is 0 Å². The molecule has 0 radical (unpaired) electrons. The third-order valence-corrected chi connectivity index (χ3v) is 3.21. The molecule has 1 aromatic carbocycles. The van der Waals surface area contributed by atoms with Crippen LogP contribution in [0.4, 0.5) is 15.9 Å². The first-order valence-electron chi connectivity index (χ1n) is 5.22. The first kappa shape index (κ1) is 12.3. The summed E-state index contributed by atoms with van der Waals surface area (Å²) in [5, 5.41) is 7.41. The van der Waals surface area contributed by atoms with Crippen molar-refractivity contribution in [1.29, 1.82) is 0 Å². The maximum absolute atomic E-state index is 13.2. The van der Waals surface area contributed by atoms with Gasteiger partial charge in [-0.05, 0) is 34.1 Å². The molecule has 0 amide bonds. The summed E-state index contributed by atoms with van der Waals surface area (Å²) in [6.07, 6.45) is 1.38. The van der Waals surface area contributed by atoms with Crippen LogP contribution in [0, 0.1) is 5.82 Å². The molecule has 2 aromatic heterocycles. The van der Waals surface area contributed by atoms with Crippen molar-refractivity contribution in [3.05, 3.63) is 46.0 Å². The van der Waals surface area contributed by atoms with Crippen LogP contribution < -0.4 is 5.32 Å². The highest BCUT2D eigenvalue weighted by molar-refractivity contribution is 9.10. The zero-order valence-electron chi connectivity index (χ0n) is 9.31. The molecule has 0 spiro atoms. The smallest absolute Gasteiger partial charge is 0.255 e. The summed E-state index contributed by atoms with van der Waals surface area (Å²) in [4.78, 5) is 7.98. The molecule has 8 heteroatoms. The van der Waals surface area contributed by atoms with E-state index in [1.165, 1.54) is 16.9 Å². The first-order valence-corrected chi connectivity index (χ1v) is 6.39. The Labute approximate surface area is 120 Å². The van der Waals surface area contributed by atoms with Crippen LogP contribution >= 0.6 is 27.5 Å². The molecule has 0 fully saturated rings. The van der Waals surface area contributed by atoms with Crippen molar-refractivity contribution in [1.82, 2.24) is 19.6 Å². The fourth-order valence-corrected chi connectivity index (χ4v) is 2.15. The predicted octanol–water partition coefficient (Wildman–Crippen LogP) is 3.42. The summed E-state index contributed by atoms with van der Waals surface area (Å²) < 4.78 is 15.0. The molecule has 96 valence electrons. The Hall–Kier alpha value is -1.73. The summed E-state index contributed by atoms with van der Waals surface area (Å²) in [5.74, 6) is 0.645. The second-order valence-electron chi connectivity index (χ2n) is 3.69. The Morgan fingerprint density at radius 3 is 2.95 bits per heavy atom. The molecule has 1 N–H and O–H groups in total. The van der Waals surface area contributed by atoms with Gasteiger partial charge in [0, 0.05) is 11.8 Å². The summed E-state index contributed by atoms with van der Waals surface area (Å²) in [6.45, 7) is 0. The van der Waals surface area contributed by atoms with E-state index in [0.717, 1.165) is 0 Å². The third kappa shape index (κ3) is 2.39. The minimum atomic E-state index is -0.329. The number of rotatable bonds is 2. The normalized spacial score (nSPS) is 10.9. The number of hydrogen-bond donors (Lipinski definition) is 1. The lowest BCUT2D eigenvalue weighted by molar-refractivity contribution is 0.621. The van der Waals surface area contributed by atoms with E-state index in [9.17, 15) is 4.39 Å². The second-order valence-corrected chi connectivity index (χ2v) is 4.93. The topological polar surface area (TPSA) is 55.1 Å².